The van der Waals surface area contributed by atoms with E-state index in [9.17, 15) is 4.79 Å². The lowest BCUT2D eigenvalue weighted by molar-refractivity contribution is -0.117. The van der Waals surface area contributed by atoms with Gasteiger partial charge in [0, 0.05) is 12.1 Å². The van der Waals surface area contributed by atoms with Crippen molar-refractivity contribution in [1.82, 2.24) is 4.90 Å². The minimum Gasteiger partial charge on any atom is -0.532 e. The zero-order chi connectivity index (χ0) is 23.4. The van der Waals surface area contributed by atoms with Gasteiger partial charge in [-0.1, -0.05) is 45.1 Å². The zero-order valence-electron chi connectivity index (χ0n) is 20.2. The second-order valence-corrected chi connectivity index (χ2v) is 15.1. The van der Waals surface area contributed by atoms with Gasteiger partial charge in [-0.25, -0.2) is 0 Å². The Bertz CT molecular complexity index is 809. The number of hydrogen-bond donors (Lipinski definition) is 0. The molecule has 2 rings (SSSR count). The molecule has 1 aromatic carbocycles. The fraction of sp³-hybridized carbons (Fsp3) is 0.560. The first kappa shape index (κ1) is 25.5. The number of nitrogens with zero attached hydrogens (tertiary/aromatic N) is 1. The van der Waals surface area contributed by atoms with Gasteiger partial charge in [0.2, 0.25) is 5.24 Å². The van der Waals surface area contributed by atoms with Crippen molar-refractivity contribution in [2.75, 3.05) is 7.11 Å². The number of methoxy groups -OCH3 is 1. The highest BCUT2D eigenvalue weighted by Gasteiger charge is 2.42. The van der Waals surface area contributed by atoms with Gasteiger partial charge in [-0.05, 0) is 74.1 Å². The van der Waals surface area contributed by atoms with Gasteiger partial charge >= 0.3 is 0 Å². The third-order valence-electron chi connectivity index (χ3n) is 6.39. The average Bonchev–Trinajstić information content (AvgIpc) is 2.67. The van der Waals surface area contributed by atoms with Crippen molar-refractivity contribution < 1.29 is 14.0 Å². The Hall–Kier alpha value is -1.72. The van der Waals surface area contributed by atoms with E-state index in [1.807, 2.05) is 24.3 Å². The summed E-state index contributed by atoms with van der Waals surface area (Å²) in [5.74, 6) is 1.36. The van der Waals surface area contributed by atoms with Crippen molar-refractivity contribution in [3.05, 3.63) is 47.9 Å². The van der Waals surface area contributed by atoms with E-state index >= 15 is 0 Å². The van der Waals surface area contributed by atoms with Crippen molar-refractivity contribution in [1.29, 1.82) is 0 Å². The molecule has 4 nitrogen and oxygen atoms in total. The Labute approximate surface area is 194 Å². The lowest BCUT2D eigenvalue weighted by atomic mass is 9.88. The molecule has 31 heavy (non-hydrogen) atoms. The number of rotatable bonds is 8. The normalized spacial score (nSPS) is 20.0. The molecular formula is C25H38ClNO3Si. The average molecular weight is 464 g/mol. The van der Waals surface area contributed by atoms with Gasteiger partial charge in [-0.15, -0.1) is 0 Å². The fourth-order valence-electron chi connectivity index (χ4n) is 3.51. The molecule has 0 aliphatic heterocycles. The number of carbonyl (C=O) groups excluding carboxylic acids is 1. The zero-order valence-corrected chi connectivity index (χ0v) is 22.0. The molecule has 6 heteroatoms. The number of hydrogen-bond acceptors (Lipinski definition) is 4. The van der Waals surface area contributed by atoms with Crippen LogP contribution in [0.15, 0.2) is 42.3 Å². The van der Waals surface area contributed by atoms with Crippen LogP contribution in [0, 0.1) is 5.92 Å². The van der Waals surface area contributed by atoms with Crippen LogP contribution in [0.2, 0.25) is 18.1 Å². The summed E-state index contributed by atoms with van der Waals surface area (Å²) in [6.07, 6.45) is 7.96. The smallest absolute Gasteiger partial charge is 0.252 e. The standard InChI is InChI=1S/C25H38ClNO3Si/c1-18(2)27(22-12-10-9-11-21(22)24(26)28)23(30-31(7,8)25(3,4)5)17-19-13-15-20(29-6)16-14-19/h10,12-18,21-22H,9,11H2,1-8H3/b23-17-/t21-,22+/m1/s1. The Morgan fingerprint density at radius 1 is 1.23 bits per heavy atom. The fourth-order valence-corrected chi connectivity index (χ4v) is 4.74. The number of carbonyl (C=O) groups is 1. The van der Waals surface area contributed by atoms with Crippen LogP contribution in [-0.2, 0) is 9.22 Å². The third kappa shape index (κ3) is 6.39. The Morgan fingerprint density at radius 2 is 1.84 bits per heavy atom. The minimum absolute atomic E-state index is 0.0404. The Morgan fingerprint density at radius 3 is 2.32 bits per heavy atom. The van der Waals surface area contributed by atoms with Crippen LogP contribution in [-0.4, -0.2) is 37.7 Å². The third-order valence-corrected chi connectivity index (χ3v) is 11.0. The van der Waals surface area contributed by atoms with Crippen molar-refractivity contribution >= 4 is 31.2 Å². The second-order valence-electron chi connectivity index (χ2n) is 10.0. The van der Waals surface area contributed by atoms with Gasteiger partial charge in [0.05, 0.1) is 19.1 Å². The molecule has 0 aromatic heterocycles. The summed E-state index contributed by atoms with van der Waals surface area (Å²) in [6, 6.07) is 7.93. The van der Waals surface area contributed by atoms with Crippen LogP contribution < -0.4 is 4.74 Å². The maximum atomic E-state index is 12.3. The SMILES string of the molecule is COc1ccc(/C=C(\O[Si](C)(C)C(C)(C)C)N(C(C)C)[C@H]2C=CCC[C@H]2C(=O)Cl)cc1. The summed E-state index contributed by atoms with van der Waals surface area (Å²) < 4.78 is 12.2. The number of benzene rings is 1. The largest absolute Gasteiger partial charge is 0.532 e. The Balaban J connectivity index is 2.58. The second kappa shape index (κ2) is 10.3. The summed E-state index contributed by atoms with van der Waals surface area (Å²) in [5.41, 5.74) is 1.02. The van der Waals surface area contributed by atoms with Gasteiger partial charge in [-0.2, -0.15) is 0 Å². The maximum Gasteiger partial charge on any atom is 0.252 e. The highest BCUT2D eigenvalue weighted by atomic mass is 35.5. The molecule has 0 fully saturated rings. The first-order valence-corrected chi connectivity index (χ1v) is 14.3. The van der Waals surface area contributed by atoms with Gasteiger partial charge < -0.3 is 14.1 Å². The predicted octanol–water partition coefficient (Wildman–Crippen LogP) is 6.83. The highest BCUT2D eigenvalue weighted by Crippen LogP contribution is 2.40. The minimum atomic E-state index is -2.14. The predicted molar refractivity (Wildman–Crippen MR) is 133 cm³/mol. The molecule has 0 amide bonds. The molecule has 0 bridgehead atoms. The van der Waals surface area contributed by atoms with Crippen LogP contribution >= 0.6 is 11.6 Å². The molecular weight excluding hydrogens is 426 g/mol. The van der Waals surface area contributed by atoms with E-state index in [0.717, 1.165) is 30.0 Å². The van der Waals surface area contributed by atoms with Crippen LogP contribution in [0.3, 0.4) is 0 Å². The topological polar surface area (TPSA) is 38.8 Å². The number of ether oxygens (including phenoxy) is 1. The van der Waals surface area contributed by atoms with Crippen LogP contribution in [0.1, 0.15) is 53.0 Å². The summed E-state index contributed by atoms with van der Waals surface area (Å²) >= 11 is 6.04. The molecule has 0 heterocycles. The summed E-state index contributed by atoms with van der Waals surface area (Å²) in [5, 5.41) is -0.241. The van der Waals surface area contributed by atoms with Gasteiger partial charge in [-0.3, -0.25) is 4.79 Å². The van der Waals surface area contributed by atoms with Crippen LogP contribution in [0.25, 0.3) is 6.08 Å². The van der Waals surface area contributed by atoms with E-state index in [2.05, 4.69) is 70.8 Å². The van der Waals surface area contributed by atoms with E-state index in [1.165, 1.54) is 0 Å². The molecule has 1 aliphatic carbocycles. The van der Waals surface area contributed by atoms with E-state index in [1.54, 1.807) is 7.11 Å². The Kier molecular flexibility index (Phi) is 8.45. The quantitative estimate of drug-likeness (QED) is 0.183. The summed E-state index contributed by atoms with van der Waals surface area (Å²) in [6.45, 7) is 15.5. The molecule has 1 aromatic rings. The van der Waals surface area contributed by atoms with E-state index in [0.29, 0.717) is 0 Å². The molecule has 2 atom stereocenters. The lowest BCUT2D eigenvalue weighted by Gasteiger charge is -2.45. The van der Waals surface area contributed by atoms with Crippen LogP contribution in [0.4, 0.5) is 0 Å². The molecule has 1 aliphatic rings. The van der Waals surface area contributed by atoms with Gasteiger partial charge in [0.25, 0.3) is 8.32 Å². The first-order valence-electron chi connectivity index (χ1n) is 11.1. The van der Waals surface area contributed by atoms with Gasteiger partial charge in [0.1, 0.15) is 5.75 Å². The molecule has 0 spiro atoms. The number of halogens is 1. The molecule has 0 unspecified atom stereocenters. The summed E-state index contributed by atoms with van der Waals surface area (Å²) in [4.78, 5) is 14.5. The molecule has 172 valence electrons. The summed E-state index contributed by atoms with van der Waals surface area (Å²) in [7, 11) is -0.475. The highest BCUT2D eigenvalue weighted by molar-refractivity contribution is 6.74. The molecule has 0 saturated carbocycles. The van der Waals surface area contributed by atoms with Crippen molar-refractivity contribution in [3.63, 3.8) is 0 Å². The lowest BCUT2D eigenvalue weighted by Crippen LogP contribution is -2.50. The maximum absolute atomic E-state index is 12.3. The molecule has 0 N–H and O–H groups in total. The van der Waals surface area contributed by atoms with Crippen molar-refractivity contribution in [2.45, 2.75) is 77.7 Å². The number of allylic oxidation sites excluding steroid dienone is 1. The molecule has 0 saturated heterocycles. The van der Waals surface area contributed by atoms with E-state index < -0.39 is 8.32 Å². The van der Waals surface area contributed by atoms with Crippen molar-refractivity contribution in [2.24, 2.45) is 5.92 Å². The van der Waals surface area contributed by atoms with E-state index in [4.69, 9.17) is 20.8 Å². The first-order chi connectivity index (χ1) is 14.4. The molecule has 0 radical (unpaired) electrons. The van der Waals surface area contributed by atoms with Crippen LogP contribution in [0.5, 0.6) is 5.75 Å². The van der Waals surface area contributed by atoms with E-state index in [-0.39, 0.29) is 28.3 Å². The van der Waals surface area contributed by atoms with Gasteiger partial charge in [0.15, 0.2) is 5.88 Å². The van der Waals surface area contributed by atoms with Crippen molar-refractivity contribution in [3.8, 4) is 5.75 Å². The monoisotopic (exact) mass is 463 g/mol.